The lowest BCUT2D eigenvalue weighted by Crippen LogP contribution is -2.44. The predicted octanol–water partition coefficient (Wildman–Crippen LogP) is 3.81. The predicted molar refractivity (Wildman–Crippen MR) is 110 cm³/mol. The van der Waals surface area contributed by atoms with Gasteiger partial charge in [-0.2, -0.15) is 0 Å². The molecule has 2 aromatic carbocycles. The van der Waals surface area contributed by atoms with Crippen LogP contribution in [0.4, 0.5) is 11.4 Å². The molecule has 4 rings (SSSR count). The van der Waals surface area contributed by atoms with E-state index in [0.29, 0.717) is 32.5 Å². The smallest absolute Gasteiger partial charge is 0.235 e. The number of hydrogen-bond acceptors (Lipinski definition) is 3. The first-order valence-corrected chi connectivity index (χ1v) is 9.96. The van der Waals surface area contributed by atoms with Gasteiger partial charge < -0.3 is 15.0 Å². The summed E-state index contributed by atoms with van der Waals surface area (Å²) in [5.41, 5.74) is 3.15. The molecular weight excluding hydrogens is 352 g/mol. The van der Waals surface area contributed by atoms with E-state index in [9.17, 15) is 9.59 Å². The van der Waals surface area contributed by atoms with Gasteiger partial charge in [-0.25, -0.2) is 0 Å². The van der Waals surface area contributed by atoms with E-state index < -0.39 is 5.41 Å². The Labute approximate surface area is 165 Å². The molecule has 0 saturated carbocycles. The summed E-state index contributed by atoms with van der Waals surface area (Å²) in [6, 6.07) is 15.8. The second kappa shape index (κ2) is 7.76. The van der Waals surface area contributed by atoms with Crippen molar-refractivity contribution in [3.05, 3.63) is 59.7 Å². The van der Waals surface area contributed by atoms with E-state index in [2.05, 4.69) is 5.32 Å². The van der Waals surface area contributed by atoms with E-state index in [4.69, 9.17) is 4.74 Å². The number of rotatable bonds is 4. The van der Waals surface area contributed by atoms with Gasteiger partial charge in [0.2, 0.25) is 11.8 Å². The maximum absolute atomic E-state index is 13.4. The van der Waals surface area contributed by atoms with Crippen molar-refractivity contribution in [1.82, 2.24) is 0 Å². The van der Waals surface area contributed by atoms with Crippen LogP contribution in [0.25, 0.3) is 0 Å². The van der Waals surface area contributed by atoms with Crippen molar-refractivity contribution in [3.63, 3.8) is 0 Å². The lowest BCUT2D eigenvalue weighted by molar-refractivity contribution is -0.125. The molecule has 2 heterocycles. The maximum atomic E-state index is 13.4. The average Bonchev–Trinajstić information content (AvgIpc) is 3.15. The number of carbonyl (C=O) groups excluding carboxylic acids is 2. The zero-order valence-corrected chi connectivity index (χ0v) is 16.2. The molecule has 146 valence electrons. The number of aryl methyl sites for hydroxylation is 1. The van der Waals surface area contributed by atoms with E-state index in [1.54, 1.807) is 0 Å². The Morgan fingerprint density at radius 2 is 1.86 bits per heavy atom. The Bertz CT molecular complexity index is 873. The van der Waals surface area contributed by atoms with Crippen LogP contribution in [0.3, 0.4) is 0 Å². The number of anilines is 2. The fraction of sp³-hybridized carbons (Fsp3) is 0.391. The number of amides is 2. The summed E-state index contributed by atoms with van der Waals surface area (Å²) in [6.07, 6.45) is 2.85. The first kappa shape index (κ1) is 18.7. The van der Waals surface area contributed by atoms with Crippen LogP contribution < -0.4 is 10.2 Å². The zero-order chi connectivity index (χ0) is 19.6. The largest absolute Gasteiger partial charge is 0.381 e. The van der Waals surface area contributed by atoms with Gasteiger partial charge in [0, 0.05) is 37.6 Å². The molecule has 0 bridgehead atoms. The van der Waals surface area contributed by atoms with Gasteiger partial charge in [0.1, 0.15) is 0 Å². The van der Waals surface area contributed by atoms with Crippen LogP contribution in [0, 0.1) is 6.92 Å². The molecule has 0 aliphatic carbocycles. The summed E-state index contributed by atoms with van der Waals surface area (Å²) in [4.78, 5) is 27.2. The minimum atomic E-state index is -0.572. The van der Waals surface area contributed by atoms with E-state index in [1.807, 2.05) is 60.4 Å². The van der Waals surface area contributed by atoms with Crippen molar-refractivity contribution in [2.45, 2.75) is 38.0 Å². The van der Waals surface area contributed by atoms with Gasteiger partial charge in [0.25, 0.3) is 0 Å². The van der Waals surface area contributed by atoms with Crippen molar-refractivity contribution in [1.29, 1.82) is 0 Å². The summed E-state index contributed by atoms with van der Waals surface area (Å²) >= 11 is 0. The zero-order valence-electron chi connectivity index (χ0n) is 16.2. The fourth-order valence-electron chi connectivity index (χ4n) is 4.31. The van der Waals surface area contributed by atoms with E-state index in [-0.39, 0.29) is 11.8 Å². The van der Waals surface area contributed by atoms with E-state index in [0.717, 1.165) is 35.5 Å². The van der Waals surface area contributed by atoms with Crippen LogP contribution in [0.15, 0.2) is 48.5 Å². The Morgan fingerprint density at radius 1 is 1.11 bits per heavy atom. The molecule has 0 unspecified atom stereocenters. The molecule has 0 aromatic heterocycles. The highest BCUT2D eigenvalue weighted by Gasteiger charge is 2.41. The van der Waals surface area contributed by atoms with Crippen LogP contribution in [0.5, 0.6) is 0 Å². The molecule has 2 saturated heterocycles. The van der Waals surface area contributed by atoms with Gasteiger partial charge in [-0.1, -0.05) is 30.3 Å². The minimum absolute atomic E-state index is 0.00592. The average molecular weight is 378 g/mol. The molecule has 2 fully saturated rings. The highest BCUT2D eigenvalue weighted by molar-refractivity contribution is 6.00. The lowest BCUT2D eigenvalue weighted by atomic mass is 9.73. The standard InChI is InChI=1S/C23H26N2O3/c1-17-16-19(9-10-20(17)25-13-5-8-21(25)26)24-22(27)23(11-14-28-15-12-23)18-6-3-2-4-7-18/h2-4,6-7,9-10,16H,5,8,11-15H2,1H3,(H,24,27). The second-order valence-corrected chi connectivity index (χ2v) is 7.66. The third-order valence-corrected chi connectivity index (χ3v) is 5.93. The Hall–Kier alpha value is -2.66. The highest BCUT2D eigenvalue weighted by atomic mass is 16.5. The molecule has 5 nitrogen and oxygen atoms in total. The Balaban J connectivity index is 1.58. The van der Waals surface area contributed by atoms with Gasteiger partial charge in [-0.05, 0) is 55.5 Å². The highest BCUT2D eigenvalue weighted by Crippen LogP contribution is 2.36. The molecule has 0 radical (unpaired) electrons. The number of benzene rings is 2. The van der Waals surface area contributed by atoms with Crippen LogP contribution >= 0.6 is 0 Å². The molecular formula is C23H26N2O3. The maximum Gasteiger partial charge on any atom is 0.235 e. The molecule has 2 amide bonds. The topological polar surface area (TPSA) is 58.6 Å². The third-order valence-electron chi connectivity index (χ3n) is 5.93. The number of hydrogen-bond donors (Lipinski definition) is 1. The SMILES string of the molecule is Cc1cc(NC(=O)C2(c3ccccc3)CCOCC2)ccc1N1CCCC1=O. The molecule has 0 atom stereocenters. The van der Waals surface area contributed by atoms with Crippen molar-refractivity contribution in [2.75, 3.05) is 30.0 Å². The third kappa shape index (κ3) is 3.42. The summed E-state index contributed by atoms with van der Waals surface area (Å²) in [5, 5.41) is 3.12. The van der Waals surface area contributed by atoms with Crippen LogP contribution in [-0.2, 0) is 19.7 Å². The van der Waals surface area contributed by atoms with Gasteiger partial charge in [-0.3, -0.25) is 9.59 Å². The summed E-state index contributed by atoms with van der Waals surface area (Å²) in [5.74, 6) is 0.177. The van der Waals surface area contributed by atoms with Gasteiger partial charge >= 0.3 is 0 Å². The van der Waals surface area contributed by atoms with E-state index in [1.165, 1.54) is 0 Å². The molecule has 28 heavy (non-hydrogen) atoms. The molecule has 2 aliphatic heterocycles. The molecule has 1 N–H and O–H groups in total. The Kier molecular flexibility index (Phi) is 5.18. The fourth-order valence-corrected chi connectivity index (χ4v) is 4.31. The molecule has 5 heteroatoms. The quantitative estimate of drug-likeness (QED) is 0.880. The molecule has 0 spiro atoms. The first-order valence-electron chi connectivity index (χ1n) is 9.96. The normalized spacial score (nSPS) is 18.9. The molecule has 2 aliphatic rings. The number of ether oxygens (including phenoxy) is 1. The van der Waals surface area contributed by atoms with Crippen LogP contribution in [-0.4, -0.2) is 31.6 Å². The molecule has 2 aromatic rings. The monoisotopic (exact) mass is 378 g/mol. The minimum Gasteiger partial charge on any atom is -0.381 e. The van der Waals surface area contributed by atoms with E-state index >= 15 is 0 Å². The van der Waals surface area contributed by atoms with Crippen LogP contribution in [0.1, 0.15) is 36.8 Å². The van der Waals surface area contributed by atoms with Crippen molar-refractivity contribution >= 4 is 23.2 Å². The second-order valence-electron chi connectivity index (χ2n) is 7.66. The van der Waals surface area contributed by atoms with Gasteiger partial charge in [0.05, 0.1) is 5.41 Å². The lowest BCUT2D eigenvalue weighted by Gasteiger charge is -2.36. The Morgan fingerprint density at radius 3 is 2.50 bits per heavy atom. The van der Waals surface area contributed by atoms with Gasteiger partial charge in [0.15, 0.2) is 0 Å². The number of carbonyl (C=O) groups is 2. The first-order chi connectivity index (χ1) is 13.6. The summed E-state index contributed by atoms with van der Waals surface area (Å²) in [6.45, 7) is 3.91. The van der Waals surface area contributed by atoms with Crippen molar-refractivity contribution in [3.8, 4) is 0 Å². The number of nitrogens with zero attached hydrogens (tertiary/aromatic N) is 1. The van der Waals surface area contributed by atoms with Crippen molar-refractivity contribution in [2.24, 2.45) is 0 Å². The summed E-state index contributed by atoms with van der Waals surface area (Å²) < 4.78 is 5.53. The van der Waals surface area contributed by atoms with Crippen LogP contribution in [0.2, 0.25) is 0 Å². The number of nitrogens with one attached hydrogen (secondary N) is 1. The van der Waals surface area contributed by atoms with Crippen molar-refractivity contribution < 1.29 is 14.3 Å². The summed E-state index contributed by atoms with van der Waals surface area (Å²) in [7, 11) is 0. The van der Waals surface area contributed by atoms with Gasteiger partial charge in [-0.15, -0.1) is 0 Å².